The molecule has 6 nitrogen and oxygen atoms in total. The summed E-state index contributed by atoms with van der Waals surface area (Å²) in [6.07, 6.45) is 1.40. The Bertz CT molecular complexity index is 555. The Hall–Kier alpha value is -1.89. The molecule has 18 heavy (non-hydrogen) atoms. The number of benzene rings is 1. The zero-order chi connectivity index (χ0) is 13.0. The molecule has 0 saturated heterocycles. The number of hydrogen-bond acceptors (Lipinski definition) is 5. The quantitative estimate of drug-likeness (QED) is 0.832. The van der Waals surface area contributed by atoms with Crippen molar-refractivity contribution in [1.82, 2.24) is 9.97 Å². The van der Waals surface area contributed by atoms with Crippen molar-refractivity contribution in [1.29, 1.82) is 0 Å². The SMILES string of the molecule is COC(=O)Nc1nc2ccc(OCSC)cc2[nH]1. The van der Waals surface area contributed by atoms with Gasteiger partial charge in [-0.05, 0) is 18.4 Å². The fourth-order valence-corrected chi connectivity index (χ4v) is 1.67. The second-order valence-electron chi connectivity index (χ2n) is 3.43. The fraction of sp³-hybridized carbons (Fsp3) is 0.273. The fourth-order valence-electron chi connectivity index (χ4n) is 1.41. The summed E-state index contributed by atoms with van der Waals surface area (Å²) in [5.74, 6) is 1.69. The second kappa shape index (κ2) is 5.63. The molecule has 1 amide bonds. The number of aromatic nitrogens is 2. The van der Waals surface area contributed by atoms with E-state index < -0.39 is 6.09 Å². The number of carbonyl (C=O) groups is 1. The summed E-state index contributed by atoms with van der Waals surface area (Å²) in [5.41, 5.74) is 1.54. The number of amides is 1. The molecule has 0 spiro atoms. The van der Waals surface area contributed by atoms with Gasteiger partial charge in [0.05, 0.1) is 18.1 Å². The Balaban J connectivity index is 2.19. The zero-order valence-electron chi connectivity index (χ0n) is 10.0. The van der Waals surface area contributed by atoms with Crippen molar-refractivity contribution in [2.45, 2.75) is 0 Å². The van der Waals surface area contributed by atoms with Gasteiger partial charge in [0.15, 0.2) is 0 Å². The number of H-pyrrole nitrogens is 1. The highest BCUT2D eigenvalue weighted by Crippen LogP contribution is 2.21. The van der Waals surface area contributed by atoms with Gasteiger partial charge in [-0.15, -0.1) is 11.8 Å². The van der Waals surface area contributed by atoms with E-state index in [2.05, 4.69) is 20.0 Å². The lowest BCUT2D eigenvalue weighted by Gasteiger charge is -2.02. The van der Waals surface area contributed by atoms with E-state index in [4.69, 9.17) is 4.74 Å². The maximum atomic E-state index is 11.0. The van der Waals surface area contributed by atoms with Crippen molar-refractivity contribution < 1.29 is 14.3 Å². The van der Waals surface area contributed by atoms with E-state index in [9.17, 15) is 4.79 Å². The summed E-state index contributed by atoms with van der Waals surface area (Å²) in [6, 6.07) is 5.49. The van der Waals surface area contributed by atoms with Gasteiger partial charge in [0.25, 0.3) is 0 Å². The molecule has 0 aliphatic heterocycles. The van der Waals surface area contributed by atoms with Crippen LogP contribution in [-0.2, 0) is 4.74 Å². The predicted molar refractivity (Wildman–Crippen MR) is 71.1 cm³/mol. The van der Waals surface area contributed by atoms with Gasteiger partial charge in [-0.25, -0.2) is 9.78 Å². The molecular weight excluding hydrogens is 254 g/mol. The average Bonchev–Trinajstić information content (AvgIpc) is 2.77. The molecule has 7 heteroatoms. The van der Waals surface area contributed by atoms with E-state index in [1.807, 2.05) is 24.5 Å². The average molecular weight is 267 g/mol. The third-order valence-corrected chi connectivity index (χ3v) is 2.56. The van der Waals surface area contributed by atoms with Gasteiger partial charge in [0.2, 0.25) is 5.95 Å². The van der Waals surface area contributed by atoms with Gasteiger partial charge in [0.1, 0.15) is 11.7 Å². The minimum Gasteiger partial charge on any atom is -0.483 e. The Morgan fingerprint density at radius 1 is 1.56 bits per heavy atom. The highest BCUT2D eigenvalue weighted by atomic mass is 32.2. The molecule has 0 fully saturated rings. The molecule has 96 valence electrons. The molecule has 0 unspecified atom stereocenters. The van der Waals surface area contributed by atoms with Gasteiger partial charge in [-0.1, -0.05) is 0 Å². The number of anilines is 1. The Labute approximate surface area is 108 Å². The van der Waals surface area contributed by atoms with Crippen LogP contribution in [0.2, 0.25) is 0 Å². The molecule has 1 aromatic heterocycles. The van der Waals surface area contributed by atoms with E-state index in [1.165, 1.54) is 7.11 Å². The largest absolute Gasteiger partial charge is 0.483 e. The molecule has 0 bridgehead atoms. The van der Waals surface area contributed by atoms with Crippen LogP contribution in [0.1, 0.15) is 0 Å². The minimum atomic E-state index is -0.562. The molecule has 2 rings (SSSR count). The first-order valence-corrected chi connectivity index (χ1v) is 6.59. The number of methoxy groups -OCH3 is 1. The third kappa shape index (κ3) is 2.86. The standard InChI is InChI=1S/C11H13N3O3S/c1-16-11(15)14-10-12-8-4-3-7(17-6-18-2)5-9(8)13-10/h3-5H,6H2,1-2H3,(H2,12,13,14,15). The van der Waals surface area contributed by atoms with E-state index in [0.717, 1.165) is 16.8 Å². The Kier molecular flexibility index (Phi) is 3.93. The normalized spacial score (nSPS) is 10.3. The Morgan fingerprint density at radius 2 is 2.39 bits per heavy atom. The molecule has 0 atom stereocenters. The van der Waals surface area contributed by atoms with Crippen LogP contribution >= 0.6 is 11.8 Å². The van der Waals surface area contributed by atoms with Gasteiger partial charge in [-0.2, -0.15) is 0 Å². The monoisotopic (exact) mass is 267 g/mol. The number of rotatable bonds is 4. The van der Waals surface area contributed by atoms with Gasteiger partial charge >= 0.3 is 6.09 Å². The van der Waals surface area contributed by atoms with Crippen LogP contribution in [-0.4, -0.2) is 35.4 Å². The number of thioether (sulfide) groups is 1. The van der Waals surface area contributed by atoms with Crippen LogP contribution in [0.15, 0.2) is 18.2 Å². The van der Waals surface area contributed by atoms with Crippen LogP contribution in [0, 0.1) is 0 Å². The molecular formula is C11H13N3O3S. The number of imidazole rings is 1. The Morgan fingerprint density at radius 3 is 3.11 bits per heavy atom. The summed E-state index contributed by atoms with van der Waals surface area (Å²) in [7, 11) is 1.30. The summed E-state index contributed by atoms with van der Waals surface area (Å²) >= 11 is 1.60. The minimum absolute atomic E-state index is 0.346. The van der Waals surface area contributed by atoms with Crippen molar-refractivity contribution >= 4 is 34.8 Å². The van der Waals surface area contributed by atoms with Crippen LogP contribution in [0.4, 0.5) is 10.7 Å². The lowest BCUT2D eigenvalue weighted by atomic mass is 10.3. The zero-order valence-corrected chi connectivity index (χ0v) is 10.8. The first kappa shape index (κ1) is 12.6. The highest BCUT2D eigenvalue weighted by molar-refractivity contribution is 7.98. The summed E-state index contributed by atoms with van der Waals surface area (Å²) < 4.78 is 9.97. The molecule has 0 aliphatic carbocycles. The van der Waals surface area contributed by atoms with Crippen molar-refractivity contribution in [3.8, 4) is 5.75 Å². The topological polar surface area (TPSA) is 76.2 Å². The molecule has 0 saturated carbocycles. The molecule has 2 aromatic rings. The van der Waals surface area contributed by atoms with E-state index in [1.54, 1.807) is 11.8 Å². The van der Waals surface area contributed by atoms with Crippen LogP contribution in [0.25, 0.3) is 11.0 Å². The van der Waals surface area contributed by atoms with Gasteiger partial charge in [-0.3, -0.25) is 5.32 Å². The maximum absolute atomic E-state index is 11.0. The number of ether oxygens (including phenoxy) is 2. The summed E-state index contributed by atoms with van der Waals surface area (Å²) in [5, 5.41) is 2.47. The third-order valence-electron chi connectivity index (χ3n) is 2.20. The molecule has 1 heterocycles. The first-order chi connectivity index (χ1) is 8.72. The van der Waals surface area contributed by atoms with Crippen LogP contribution < -0.4 is 10.1 Å². The van der Waals surface area contributed by atoms with Crippen LogP contribution in [0.5, 0.6) is 5.75 Å². The van der Waals surface area contributed by atoms with Crippen molar-refractivity contribution in [2.75, 3.05) is 24.6 Å². The number of fused-ring (bicyclic) bond motifs is 1. The maximum Gasteiger partial charge on any atom is 0.413 e. The molecule has 0 aliphatic rings. The second-order valence-corrected chi connectivity index (χ2v) is 4.24. The van der Waals surface area contributed by atoms with E-state index >= 15 is 0 Å². The number of nitrogens with zero attached hydrogens (tertiary/aromatic N) is 1. The van der Waals surface area contributed by atoms with E-state index in [0.29, 0.717) is 11.9 Å². The lowest BCUT2D eigenvalue weighted by molar-refractivity contribution is 0.186. The van der Waals surface area contributed by atoms with E-state index in [-0.39, 0.29) is 0 Å². The smallest absolute Gasteiger partial charge is 0.413 e. The molecule has 2 N–H and O–H groups in total. The van der Waals surface area contributed by atoms with Crippen molar-refractivity contribution in [3.63, 3.8) is 0 Å². The van der Waals surface area contributed by atoms with Crippen molar-refractivity contribution in [2.24, 2.45) is 0 Å². The van der Waals surface area contributed by atoms with Gasteiger partial charge in [0, 0.05) is 6.07 Å². The number of aromatic amines is 1. The number of hydrogen-bond donors (Lipinski definition) is 2. The highest BCUT2D eigenvalue weighted by Gasteiger charge is 2.07. The lowest BCUT2D eigenvalue weighted by Crippen LogP contribution is -2.11. The van der Waals surface area contributed by atoms with Crippen LogP contribution in [0.3, 0.4) is 0 Å². The summed E-state index contributed by atoms with van der Waals surface area (Å²) in [4.78, 5) is 18.2. The van der Waals surface area contributed by atoms with Gasteiger partial charge < -0.3 is 14.5 Å². The predicted octanol–water partition coefficient (Wildman–Crippen LogP) is 2.44. The molecule has 1 aromatic carbocycles. The van der Waals surface area contributed by atoms with Crippen molar-refractivity contribution in [3.05, 3.63) is 18.2 Å². The number of nitrogens with one attached hydrogen (secondary N) is 2. The number of carbonyl (C=O) groups excluding carboxylic acids is 1. The molecule has 0 radical (unpaired) electrons. The first-order valence-electron chi connectivity index (χ1n) is 5.19. The summed E-state index contributed by atoms with van der Waals surface area (Å²) in [6.45, 7) is 0.